The molecule has 0 aromatic heterocycles. The SMILES string of the molecule is N#Cc1cccc(S(=O)(=O)NCC2CCCCCC2)c1. The second-order valence-corrected chi connectivity index (χ2v) is 7.12. The summed E-state index contributed by atoms with van der Waals surface area (Å²) in [5.74, 6) is 0.437. The van der Waals surface area contributed by atoms with Gasteiger partial charge in [-0.2, -0.15) is 5.26 Å². The summed E-state index contributed by atoms with van der Waals surface area (Å²) in [6, 6.07) is 8.09. The van der Waals surface area contributed by atoms with E-state index in [9.17, 15) is 8.42 Å². The van der Waals surface area contributed by atoms with E-state index < -0.39 is 10.0 Å². The molecule has 0 amide bonds. The molecule has 0 radical (unpaired) electrons. The summed E-state index contributed by atoms with van der Waals surface area (Å²) < 4.78 is 27.1. The summed E-state index contributed by atoms with van der Waals surface area (Å²) in [5.41, 5.74) is 0.363. The standard InChI is InChI=1S/C15H20N2O2S/c16-11-14-8-5-9-15(10-14)20(18,19)17-12-13-6-3-1-2-4-7-13/h5,8-10,13,17H,1-4,6-7,12H2. The molecule has 4 nitrogen and oxygen atoms in total. The van der Waals surface area contributed by atoms with Crippen molar-refractivity contribution in [1.82, 2.24) is 4.72 Å². The molecular weight excluding hydrogens is 272 g/mol. The van der Waals surface area contributed by atoms with E-state index >= 15 is 0 Å². The summed E-state index contributed by atoms with van der Waals surface area (Å²) >= 11 is 0. The van der Waals surface area contributed by atoms with Crippen molar-refractivity contribution in [2.75, 3.05) is 6.54 Å². The molecule has 0 unspecified atom stereocenters. The average Bonchev–Trinajstić information content (AvgIpc) is 2.74. The number of sulfonamides is 1. The third kappa shape index (κ3) is 4.06. The zero-order valence-electron chi connectivity index (χ0n) is 11.5. The maximum absolute atomic E-state index is 12.2. The van der Waals surface area contributed by atoms with E-state index in [1.807, 2.05) is 6.07 Å². The predicted octanol–water partition coefficient (Wildman–Crippen LogP) is 2.81. The van der Waals surface area contributed by atoms with Gasteiger partial charge >= 0.3 is 0 Å². The second kappa shape index (κ2) is 6.87. The van der Waals surface area contributed by atoms with Crippen molar-refractivity contribution in [3.63, 3.8) is 0 Å². The largest absolute Gasteiger partial charge is 0.240 e. The Morgan fingerprint density at radius 2 is 1.90 bits per heavy atom. The van der Waals surface area contributed by atoms with E-state index in [0.717, 1.165) is 12.8 Å². The van der Waals surface area contributed by atoms with E-state index in [0.29, 0.717) is 18.0 Å². The lowest BCUT2D eigenvalue weighted by Crippen LogP contribution is -2.29. The highest BCUT2D eigenvalue weighted by molar-refractivity contribution is 7.89. The minimum Gasteiger partial charge on any atom is -0.211 e. The van der Waals surface area contributed by atoms with Gasteiger partial charge in [0.25, 0.3) is 0 Å². The van der Waals surface area contributed by atoms with Gasteiger partial charge in [0.2, 0.25) is 10.0 Å². The molecular formula is C15H20N2O2S. The fraction of sp³-hybridized carbons (Fsp3) is 0.533. The minimum absolute atomic E-state index is 0.171. The van der Waals surface area contributed by atoms with Gasteiger partial charge in [-0.25, -0.2) is 13.1 Å². The Hall–Kier alpha value is -1.38. The van der Waals surface area contributed by atoms with Gasteiger partial charge in [-0.1, -0.05) is 31.7 Å². The third-order valence-electron chi connectivity index (χ3n) is 3.81. The van der Waals surface area contributed by atoms with E-state index in [2.05, 4.69) is 4.72 Å². The van der Waals surface area contributed by atoms with Crippen LogP contribution in [0.15, 0.2) is 29.2 Å². The van der Waals surface area contributed by atoms with E-state index in [-0.39, 0.29) is 4.90 Å². The number of benzene rings is 1. The van der Waals surface area contributed by atoms with Gasteiger partial charge in [-0.15, -0.1) is 0 Å². The van der Waals surface area contributed by atoms with Gasteiger partial charge in [-0.05, 0) is 37.0 Å². The topological polar surface area (TPSA) is 70.0 Å². The quantitative estimate of drug-likeness (QED) is 0.867. The number of hydrogen-bond acceptors (Lipinski definition) is 3. The highest BCUT2D eigenvalue weighted by Crippen LogP contribution is 2.22. The van der Waals surface area contributed by atoms with Crippen LogP contribution in [0.3, 0.4) is 0 Å². The minimum atomic E-state index is -3.51. The maximum Gasteiger partial charge on any atom is 0.240 e. The molecule has 1 aromatic rings. The molecule has 108 valence electrons. The molecule has 1 aromatic carbocycles. The molecule has 1 N–H and O–H groups in total. The Morgan fingerprint density at radius 1 is 1.20 bits per heavy atom. The van der Waals surface area contributed by atoms with Gasteiger partial charge in [0.05, 0.1) is 16.5 Å². The van der Waals surface area contributed by atoms with Crippen LogP contribution >= 0.6 is 0 Å². The summed E-state index contributed by atoms with van der Waals surface area (Å²) in [7, 11) is -3.51. The van der Waals surface area contributed by atoms with Gasteiger partial charge in [-0.3, -0.25) is 0 Å². The molecule has 0 aliphatic heterocycles. The highest BCUT2D eigenvalue weighted by atomic mass is 32.2. The Morgan fingerprint density at radius 3 is 2.55 bits per heavy atom. The molecule has 20 heavy (non-hydrogen) atoms. The molecule has 0 saturated heterocycles. The van der Waals surface area contributed by atoms with Crippen molar-refractivity contribution in [3.8, 4) is 6.07 Å². The van der Waals surface area contributed by atoms with Crippen LogP contribution in [0, 0.1) is 17.2 Å². The third-order valence-corrected chi connectivity index (χ3v) is 5.23. The Labute approximate surface area is 120 Å². The molecule has 2 rings (SSSR count). The fourth-order valence-electron chi connectivity index (χ4n) is 2.61. The first kappa shape index (κ1) is 15.0. The number of hydrogen-bond donors (Lipinski definition) is 1. The molecule has 0 bridgehead atoms. The van der Waals surface area contributed by atoms with Crippen LogP contribution in [0.25, 0.3) is 0 Å². The van der Waals surface area contributed by atoms with Gasteiger partial charge in [0.1, 0.15) is 0 Å². The van der Waals surface area contributed by atoms with Crippen LogP contribution in [0.1, 0.15) is 44.1 Å². The second-order valence-electron chi connectivity index (χ2n) is 5.35. The van der Waals surface area contributed by atoms with Crippen molar-refractivity contribution in [1.29, 1.82) is 5.26 Å². The van der Waals surface area contributed by atoms with Crippen LogP contribution in [0.2, 0.25) is 0 Å². The van der Waals surface area contributed by atoms with Crippen molar-refractivity contribution in [3.05, 3.63) is 29.8 Å². The average molecular weight is 292 g/mol. The Bertz CT molecular complexity index is 582. The van der Waals surface area contributed by atoms with Gasteiger partial charge < -0.3 is 0 Å². The number of nitrogens with zero attached hydrogens (tertiary/aromatic N) is 1. The monoisotopic (exact) mass is 292 g/mol. The lowest BCUT2D eigenvalue weighted by atomic mass is 10.0. The lowest BCUT2D eigenvalue weighted by Gasteiger charge is -2.15. The molecule has 1 saturated carbocycles. The summed E-state index contributed by atoms with van der Waals surface area (Å²) in [6.45, 7) is 0.499. The highest BCUT2D eigenvalue weighted by Gasteiger charge is 2.18. The normalized spacial score (nSPS) is 17.4. The van der Waals surface area contributed by atoms with Crippen LogP contribution in [0.4, 0.5) is 0 Å². The predicted molar refractivity (Wildman–Crippen MR) is 77.5 cm³/mol. The van der Waals surface area contributed by atoms with Crippen molar-refractivity contribution < 1.29 is 8.42 Å². The number of nitriles is 1. The first-order chi connectivity index (χ1) is 9.62. The Kier molecular flexibility index (Phi) is 5.16. The van der Waals surface area contributed by atoms with Crippen LogP contribution in [0.5, 0.6) is 0 Å². The maximum atomic E-state index is 12.2. The van der Waals surface area contributed by atoms with Crippen LogP contribution in [-0.4, -0.2) is 15.0 Å². The zero-order valence-corrected chi connectivity index (χ0v) is 12.3. The van der Waals surface area contributed by atoms with Crippen molar-refractivity contribution in [2.45, 2.75) is 43.4 Å². The molecule has 1 aliphatic rings. The first-order valence-electron chi connectivity index (χ1n) is 7.11. The fourth-order valence-corrected chi connectivity index (χ4v) is 3.77. The number of rotatable bonds is 4. The van der Waals surface area contributed by atoms with Crippen molar-refractivity contribution >= 4 is 10.0 Å². The lowest BCUT2D eigenvalue weighted by molar-refractivity contribution is 0.451. The van der Waals surface area contributed by atoms with E-state index in [4.69, 9.17) is 5.26 Å². The summed E-state index contributed by atoms with van der Waals surface area (Å²) in [5, 5.41) is 8.83. The summed E-state index contributed by atoms with van der Waals surface area (Å²) in [6.07, 6.45) is 7.09. The van der Waals surface area contributed by atoms with Crippen LogP contribution in [-0.2, 0) is 10.0 Å². The summed E-state index contributed by atoms with van der Waals surface area (Å²) in [4.78, 5) is 0.171. The molecule has 5 heteroatoms. The molecule has 0 atom stereocenters. The van der Waals surface area contributed by atoms with Crippen LogP contribution < -0.4 is 4.72 Å². The van der Waals surface area contributed by atoms with Gasteiger partial charge in [0.15, 0.2) is 0 Å². The van der Waals surface area contributed by atoms with E-state index in [1.54, 1.807) is 12.1 Å². The van der Waals surface area contributed by atoms with Crippen molar-refractivity contribution in [2.24, 2.45) is 5.92 Å². The molecule has 1 aliphatic carbocycles. The molecule has 0 heterocycles. The van der Waals surface area contributed by atoms with Gasteiger partial charge in [0, 0.05) is 6.54 Å². The zero-order chi connectivity index (χ0) is 14.4. The number of nitrogens with one attached hydrogen (secondary N) is 1. The Balaban J connectivity index is 2.01. The smallest absolute Gasteiger partial charge is 0.211 e. The molecule has 0 spiro atoms. The first-order valence-corrected chi connectivity index (χ1v) is 8.60. The molecule has 1 fully saturated rings. The van der Waals surface area contributed by atoms with E-state index in [1.165, 1.54) is 37.8 Å².